The van der Waals surface area contributed by atoms with Gasteiger partial charge in [-0.3, -0.25) is 0 Å². The van der Waals surface area contributed by atoms with E-state index in [-0.39, 0.29) is 0 Å². The van der Waals surface area contributed by atoms with Gasteiger partial charge < -0.3 is 5.32 Å². The zero-order valence-corrected chi connectivity index (χ0v) is 13.2. The summed E-state index contributed by atoms with van der Waals surface area (Å²) in [6.07, 6.45) is 2.44. The minimum atomic E-state index is 0.614. The minimum absolute atomic E-state index is 0.614. The Balaban J connectivity index is 2.51. The third kappa shape index (κ3) is 2.81. The summed E-state index contributed by atoms with van der Waals surface area (Å²) in [5.41, 5.74) is 0.960. The van der Waals surface area contributed by atoms with Crippen molar-refractivity contribution in [2.24, 2.45) is 0 Å². The summed E-state index contributed by atoms with van der Waals surface area (Å²) in [4.78, 5) is 13.2. The maximum Gasteiger partial charge on any atom is 0.191 e. The van der Waals surface area contributed by atoms with Gasteiger partial charge in [0.1, 0.15) is 10.2 Å². The molecule has 2 aromatic heterocycles. The second-order valence-electron chi connectivity index (χ2n) is 3.51. The Labute approximate surface area is 123 Å². The second-order valence-corrected chi connectivity index (χ2v) is 5.96. The zero-order chi connectivity index (χ0) is 13.1. The predicted molar refractivity (Wildman–Crippen MR) is 79.4 cm³/mol. The second kappa shape index (κ2) is 5.95. The third-order valence-corrected chi connectivity index (χ3v) is 4.21. The van der Waals surface area contributed by atoms with Crippen molar-refractivity contribution < 1.29 is 0 Å². The zero-order valence-electron chi connectivity index (χ0n) is 10.00. The summed E-state index contributed by atoms with van der Waals surface area (Å²) in [5, 5.41) is 3.95. The van der Waals surface area contributed by atoms with Crippen LogP contribution < -0.4 is 5.32 Å². The fourth-order valence-corrected chi connectivity index (χ4v) is 2.91. The minimum Gasteiger partial charge on any atom is -0.369 e. The molecule has 0 bridgehead atoms. The molecule has 0 saturated heterocycles. The van der Waals surface area contributed by atoms with E-state index in [0.29, 0.717) is 10.2 Å². The maximum atomic E-state index is 5.89. The average molecular weight is 348 g/mol. The first-order chi connectivity index (χ1) is 8.65. The Hall–Kier alpha value is -0.720. The number of rotatable bonds is 4. The number of halogens is 2. The van der Waals surface area contributed by atoms with Crippen molar-refractivity contribution in [1.29, 1.82) is 0 Å². The molecular weight excluding hydrogens is 336 g/mol. The smallest absolute Gasteiger partial charge is 0.191 e. The molecule has 0 aliphatic rings. The fraction of sp³-hybridized carbons (Fsp3) is 0.364. The lowest BCUT2D eigenvalue weighted by molar-refractivity contribution is 0.982. The Morgan fingerprint density at radius 3 is 2.72 bits per heavy atom. The largest absolute Gasteiger partial charge is 0.369 e. The van der Waals surface area contributed by atoms with E-state index in [1.165, 1.54) is 11.3 Å². The molecule has 0 aliphatic carbocycles. The van der Waals surface area contributed by atoms with Crippen molar-refractivity contribution in [2.45, 2.75) is 20.3 Å². The van der Waals surface area contributed by atoms with E-state index < -0.39 is 0 Å². The number of thiazole rings is 1. The van der Waals surface area contributed by atoms with Gasteiger partial charge in [-0.15, -0.1) is 0 Å². The van der Waals surface area contributed by atoms with Gasteiger partial charge in [-0.25, -0.2) is 15.0 Å². The van der Waals surface area contributed by atoms with Crippen LogP contribution in [0.15, 0.2) is 10.7 Å². The normalized spacial score (nSPS) is 10.7. The molecule has 0 radical (unpaired) electrons. The molecule has 7 heteroatoms. The lowest BCUT2D eigenvalue weighted by Crippen LogP contribution is -2.05. The fourth-order valence-electron chi connectivity index (χ4n) is 1.47. The van der Waals surface area contributed by atoms with Crippen LogP contribution in [0.5, 0.6) is 0 Å². The van der Waals surface area contributed by atoms with E-state index in [4.69, 9.17) is 11.6 Å². The molecule has 0 amide bonds. The summed E-state index contributed by atoms with van der Waals surface area (Å²) < 4.78 is 1.55. The topological polar surface area (TPSA) is 50.7 Å². The van der Waals surface area contributed by atoms with Crippen molar-refractivity contribution in [3.63, 3.8) is 0 Å². The van der Waals surface area contributed by atoms with Crippen LogP contribution in [0.1, 0.15) is 19.5 Å². The van der Waals surface area contributed by atoms with Crippen molar-refractivity contribution in [3.05, 3.63) is 20.7 Å². The van der Waals surface area contributed by atoms with Crippen LogP contribution in [0, 0.1) is 0 Å². The van der Waals surface area contributed by atoms with Crippen molar-refractivity contribution in [1.82, 2.24) is 15.0 Å². The number of aromatic nitrogens is 3. The molecule has 2 heterocycles. The number of anilines is 1. The Morgan fingerprint density at radius 1 is 1.39 bits per heavy atom. The van der Waals surface area contributed by atoms with Crippen molar-refractivity contribution in [3.8, 4) is 10.8 Å². The Bertz CT molecular complexity index is 558. The van der Waals surface area contributed by atoms with Gasteiger partial charge in [0.05, 0.1) is 16.4 Å². The van der Waals surface area contributed by atoms with Gasteiger partial charge in [-0.2, -0.15) is 0 Å². The first kappa shape index (κ1) is 13.7. The molecule has 96 valence electrons. The summed E-state index contributed by atoms with van der Waals surface area (Å²) in [5.74, 6) is 1.41. The highest BCUT2D eigenvalue weighted by Crippen LogP contribution is 2.30. The average Bonchev–Trinajstić information content (AvgIpc) is 2.79. The molecule has 0 saturated carbocycles. The highest BCUT2D eigenvalue weighted by atomic mass is 79.9. The molecule has 2 rings (SSSR count). The van der Waals surface area contributed by atoms with Crippen LogP contribution in [0.4, 0.5) is 5.82 Å². The molecule has 4 nitrogen and oxygen atoms in total. The van der Waals surface area contributed by atoms with Crippen LogP contribution in [0.3, 0.4) is 0 Å². The van der Waals surface area contributed by atoms with E-state index in [1.807, 2.05) is 6.92 Å². The van der Waals surface area contributed by atoms with Gasteiger partial charge in [0.25, 0.3) is 0 Å². The molecule has 0 aliphatic heterocycles. The molecular formula is C11H12BrClN4S. The highest BCUT2D eigenvalue weighted by Gasteiger charge is 2.14. The molecule has 0 unspecified atom stereocenters. The van der Waals surface area contributed by atoms with Gasteiger partial charge >= 0.3 is 0 Å². The summed E-state index contributed by atoms with van der Waals surface area (Å²) in [7, 11) is 0. The lowest BCUT2D eigenvalue weighted by Gasteiger charge is -2.09. The van der Waals surface area contributed by atoms with Gasteiger partial charge in [0, 0.05) is 6.54 Å². The SMILES string of the molecule is CCNc1nc(-c2ncc(Cl)s2)nc(CC)c1Br. The summed E-state index contributed by atoms with van der Waals surface area (Å²) >= 11 is 10.8. The van der Waals surface area contributed by atoms with E-state index in [0.717, 1.165) is 34.0 Å². The predicted octanol–water partition coefficient (Wildman–Crippen LogP) is 4.01. The number of nitrogens with zero attached hydrogens (tertiary/aromatic N) is 3. The standard InChI is InChI=1S/C11H12BrClN4S/c1-3-6-8(12)9(14-4-2)17-10(16-6)11-15-5-7(13)18-11/h5H,3-4H2,1-2H3,(H,14,16,17). The third-order valence-electron chi connectivity index (χ3n) is 2.27. The van der Waals surface area contributed by atoms with E-state index in [1.54, 1.807) is 6.20 Å². The monoisotopic (exact) mass is 346 g/mol. The van der Waals surface area contributed by atoms with E-state index >= 15 is 0 Å². The molecule has 0 fully saturated rings. The summed E-state index contributed by atoms with van der Waals surface area (Å²) in [6, 6.07) is 0. The van der Waals surface area contributed by atoms with Crippen LogP contribution >= 0.6 is 38.9 Å². The van der Waals surface area contributed by atoms with Gasteiger partial charge in [-0.1, -0.05) is 29.9 Å². The van der Waals surface area contributed by atoms with Gasteiger partial charge in [0.2, 0.25) is 0 Å². The quantitative estimate of drug-likeness (QED) is 0.908. The number of hydrogen-bond donors (Lipinski definition) is 1. The van der Waals surface area contributed by atoms with Crippen LogP contribution in [0.2, 0.25) is 4.34 Å². The molecule has 0 spiro atoms. The molecule has 2 aromatic rings. The van der Waals surface area contributed by atoms with Gasteiger partial charge in [-0.05, 0) is 29.3 Å². The highest BCUT2D eigenvalue weighted by molar-refractivity contribution is 9.10. The van der Waals surface area contributed by atoms with E-state index in [9.17, 15) is 0 Å². The Kier molecular flexibility index (Phi) is 4.53. The maximum absolute atomic E-state index is 5.89. The molecule has 18 heavy (non-hydrogen) atoms. The summed E-state index contributed by atoms with van der Waals surface area (Å²) in [6.45, 7) is 4.89. The van der Waals surface area contributed by atoms with Crippen LogP contribution in [0.25, 0.3) is 10.8 Å². The van der Waals surface area contributed by atoms with E-state index in [2.05, 4.69) is 43.1 Å². The Morgan fingerprint density at radius 2 is 2.17 bits per heavy atom. The molecule has 1 N–H and O–H groups in total. The first-order valence-corrected chi connectivity index (χ1v) is 7.56. The first-order valence-electron chi connectivity index (χ1n) is 5.57. The number of aryl methyl sites for hydroxylation is 1. The number of nitrogens with one attached hydrogen (secondary N) is 1. The van der Waals surface area contributed by atoms with Crippen LogP contribution in [-0.4, -0.2) is 21.5 Å². The molecule has 0 aromatic carbocycles. The lowest BCUT2D eigenvalue weighted by atomic mass is 10.3. The van der Waals surface area contributed by atoms with Crippen molar-refractivity contribution >= 4 is 44.7 Å². The van der Waals surface area contributed by atoms with Gasteiger partial charge in [0.15, 0.2) is 10.8 Å². The van der Waals surface area contributed by atoms with Crippen LogP contribution in [-0.2, 0) is 6.42 Å². The molecule has 0 atom stereocenters. The number of hydrogen-bond acceptors (Lipinski definition) is 5. The van der Waals surface area contributed by atoms with Crippen molar-refractivity contribution in [2.75, 3.05) is 11.9 Å².